The number of nitrogens with zero attached hydrogens (tertiary/aromatic N) is 2. The van der Waals surface area contributed by atoms with E-state index in [1.807, 2.05) is 0 Å². The van der Waals surface area contributed by atoms with Crippen LogP contribution in [0.4, 0.5) is 5.95 Å². The molecular weight excluding hydrogens is 262 g/mol. The molecule has 1 amide bonds. The lowest BCUT2D eigenvalue weighted by molar-refractivity contribution is -0.140. The van der Waals surface area contributed by atoms with Crippen molar-refractivity contribution in [3.05, 3.63) is 5.82 Å². The Morgan fingerprint density at radius 3 is 2.60 bits per heavy atom. The summed E-state index contributed by atoms with van der Waals surface area (Å²) in [7, 11) is 0. The number of aromatic nitrogens is 3. The third-order valence-corrected chi connectivity index (χ3v) is 3.78. The first kappa shape index (κ1) is 14.3. The highest BCUT2D eigenvalue weighted by molar-refractivity contribution is 5.90. The first-order chi connectivity index (χ1) is 9.51. The number of anilines is 1. The Morgan fingerprint density at radius 1 is 1.35 bits per heavy atom. The van der Waals surface area contributed by atoms with Gasteiger partial charge in [-0.15, -0.1) is 5.10 Å². The molecule has 2 rings (SSSR count). The normalized spacial score (nSPS) is 17.6. The number of aliphatic carboxylic acids is 1. The van der Waals surface area contributed by atoms with E-state index in [0.717, 1.165) is 32.1 Å². The highest BCUT2D eigenvalue weighted by atomic mass is 16.4. The van der Waals surface area contributed by atoms with Crippen molar-refractivity contribution in [2.75, 3.05) is 12.3 Å². The minimum Gasteiger partial charge on any atom is -0.481 e. The van der Waals surface area contributed by atoms with Crippen molar-refractivity contribution in [1.82, 2.24) is 20.5 Å². The Bertz CT molecular complexity index is 493. The number of nitrogens with two attached hydrogens (primary N) is 1. The number of carboxylic acid groups (broad SMARTS) is 1. The quantitative estimate of drug-likeness (QED) is 0.622. The van der Waals surface area contributed by atoms with E-state index in [1.165, 1.54) is 0 Å². The number of hydrogen-bond acceptors (Lipinski definition) is 5. The van der Waals surface area contributed by atoms with Gasteiger partial charge in [0.15, 0.2) is 0 Å². The maximum Gasteiger partial charge on any atom is 0.303 e. The van der Waals surface area contributed by atoms with Crippen molar-refractivity contribution in [3.63, 3.8) is 0 Å². The number of H-pyrrole nitrogens is 1. The van der Waals surface area contributed by atoms with Crippen molar-refractivity contribution in [2.24, 2.45) is 5.41 Å². The molecule has 1 aliphatic rings. The maximum atomic E-state index is 11.9. The Balaban J connectivity index is 1.97. The van der Waals surface area contributed by atoms with Gasteiger partial charge < -0.3 is 16.2 Å². The summed E-state index contributed by atoms with van der Waals surface area (Å²) in [5.74, 6) is -1.19. The molecule has 110 valence electrons. The number of nitrogen functional groups attached to an aromatic ring is 1. The molecule has 0 unspecified atom stereocenters. The number of carbonyl (C=O) groups is 2. The largest absolute Gasteiger partial charge is 0.481 e. The number of hydrogen-bond donors (Lipinski definition) is 4. The van der Waals surface area contributed by atoms with E-state index in [0.29, 0.717) is 6.54 Å². The summed E-state index contributed by atoms with van der Waals surface area (Å²) in [5.41, 5.74) is 4.98. The fraction of sp³-hybridized carbons (Fsp3) is 0.667. The van der Waals surface area contributed by atoms with Gasteiger partial charge in [-0.3, -0.25) is 14.7 Å². The van der Waals surface area contributed by atoms with Crippen LogP contribution >= 0.6 is 0 Å². The molecule has 0 radical (unpaired) electrons. The van der Waals surface area contributed by atoms with E-state index < -0.39 is 11.9 Å². The second kappa shape index (κ2) is 5.89. The van der Waals surface area contributed by atoms with Crippen LogP contribution in [-0.2, 0) is 4.79 Å². The van der Waals surface area contributed by atoms with Crippen molar-refractivity contribution in [2.45, 2.75) is 38.5 Å². The molecule has 8 heteroatoms. The molecule has 1 saturated carbocycles. The number of carboxylic acids is 1. The van der Waals surface area contributed by atoms with E-state index >= 15 is 0 Å². The van der Waals surface area contributed by atoms with Crippen LogP contribution in [-0.4, -0.2) is 38.7 Å². The number of carbonyl (C=O) groups excluding carboxylic acids is 1. The summed E-state index contributed by atoms with van der Waals surface area (Å²) >= 11 is 0. The summed E-state index contributed by atoms with van der Waals surface area (Å²) in [5, 5.41) is 17.8. The molecule has 1 aromatic rings. The van der Waals surface area contributed by atoms with E-state index in [2.05, 4.69) is 20.5 Å². The third kappa shape index (κ3) is 3.46. The fourth-order valence-electron chi connectivity index (χ4n) is 2.77. The van der Waals surface area contributed by atoms with Gasteiger partial charge in [0.05, 0.1) is 6.42 Å². The highest BCUT2D eigenvalue weighted by Crippen LogP contribution is 2.38. The summed E-state index contributed by atoms with van der Waals surface area (Å²) in [6.45, 7) is 0.332. The Morgan fingerprint density at radius 2 is 2.05 bits per heavy atom. The minimum atomic E-state index is -0.829. The summed E-state index contributed by atoms with van der Waals surface area (Å²) in [6, 6.07) is 0. The van der Waals surface area contributed by atoms with E-state index in [4.69, 9.17) is 10.8 Å². The Kier molecular flexibility index (Phi) is 4.21. The number of amides is 1. The molecule has 1 fully saturated rings. The Labute approximate surface area is 116 Å². The van der Waals surface area contributed by atoms with Crippen LogP contribution in [0.25, 0.3) is 0 Å². The average Bonchev–Trinajstić information content (AvgIpc) is 2.83. The molecule has 0 aromatic carbocycles. The highest BCUT2D eigenvalue weighted by Gasteiger charge is 2.35. The van der Waals surface area contributed by atoms with Gasteiger partial charge in [-0.2, -0.15) is 4.98 Å². The lowest BCUT2D eigenvalue weighted by Crippen LogP contribution is -2.40. The number of rotatable bonds is 5. The Hall–Kier alpha value is -2.12. The molecule has 1 heterocycles. The molecule has 1 aliphatic carbocycles. The molecular formula is C12H19N5O3. The molecule has 0 bridgehead atoms. The van der Waals surface area contributed by atoms with Crippen LogP contribution in [0.5, 0.6) is 0 Å². The monoisotopic (exact) mass is 281 g/mol. The second-order valence-corrected chi connectivity index (χ2v) is 5.36. The average molecular weight is 281 g/mol. The first-order valence-corrected chi connectivity index (χ1v) is 6.69. The van der Waals surface area contributed by atoms with Crippen LogP contribution in [0.3, 0.4) is 0 Å². The number of aromatic amines is 1. The van der Waals surface area contributed by atoms with Crippen LogP contribution < -0.4 is 11.1 Å². The van der Waals surface area contributed by atoms with Gasteiger partial charge in [-0.1, -0.05) is 19.3 Å². The lowest BCUT2D eigenvalue weighted by atomic mass is 9.71. The van der Waals surface area contributed by atoms with E-state index in [9.17, 15) is 9.59 Å². The second-order valence-electron chi connectivity index (χ2n) is 5.36. The van der Waals surface area contributed by atoms with Crippen molar-refractivity contribution >= 4 is 17.8 Å². The van der Waals surface area contributed by atoms with Gasteiger partial charge in [0.2, 0.25) is 11.8 Å². The van der Waals surface area contributed by atoms with E-state index in [-0.39, 0.29) is 23.6 Å². The zero-order valence-electron chi connectivity index (χ0n) is 11.2. The molecule has 1 aromatic heterocycles. The van der Waals surface area contributed by atoms with Crippen LogP contribution in [0.2, 0.25) is 0 Å². The molecule has 0 spiro atoms. The van der Waals surface area contributed by atoms with Gasteiger partial charge >= 0.3 is 5.97 Å². The number of nitrogens with one attached hydrogen (secondary N) is 2. The first-order valence-electron chi connectivity index (χ1n) is 6.69. The predicted molar refractivity (Wildman–Crippen MR) is 70.9 cm³/mol. The fourth-order valence-corrected chi connectivity index (χ4v) is 2.77. The third-order valence-electron chi connectivity index (χ3n) is 3.78. The molecule has 0 aliphatic heterocycles. The lowest BCUT2D eigenvalue weighted by Gasteiger charge is -2.36. The molecule has 5 N–H and O–H groups in total. The standard InChI is InChI=1S/C12H19N5O3/c13-11-15-9(16-17-11)10(20)14-7-12(6-8(18)19)4-2-1-3-5-12/h1-7H2,(H,14,20)(H,18,19)(H3,13,15,16,17). The predicted octanol–water partition coefficient (Wildman–Crippen LogP) is 0.542. The van der Waals surface area contributed by atoms with Gasteiger partial charge in [0.1, 0.15) is 0 Å². The van der Waals surface area contributed by atoms with E-state index in [1.54, 1.807) is 0 Å². The van der Waals surface area contributed by atoms with Gasteiger partial charge in [0, 0.05) is 6.54 Å². The molecule has 0 saturated heterocycles. The van der Waals surface area contributed by atoms with Gasteiger partial charge in [-0.05, 0) is 18.3 Å². The smallest absolute Gasteiger partial charge is 0.303 e. The molecule has 0 atom stereocenters. The summed E-state index contributed by atoms with van der Waals surface area (Å²) in [4.78, 5) is 26.7. The van der Waals surface area contributed by atoms with Crippen molar-refractivity contribution in [1.29, 1.82) is 0 Å². The van der Waals surface area contributed by atoms with Crippen LogP contribution in [0.15, 0.2) is 0 Å². The minimum absolute atomic E-state index is 0.00747. The zero-order valence-corrected chi connectivity index (χ0v) is 11.2. The van der Waals surface area contributed by atoms with Crippen LogP contribution in [0.1, 0.15) is 49.1 Å². The van der Waals surface area contributed by atoms with Crippen molar-refractivity contribution in [3.8, 4) is 0 Å². The maximum absolute atomic E-state index is 11.9. The SMILES string of the molecule is Nc1n[nH]c(C(=O)NCC2(CC(=O)O)CCCCC2)n1. The summed E-state index contributed by atoms with van der Waals surface area (Å²) < 4.78 is 0. The topological polar surface area (TPSA) is 134 Å². The summed E-state index contributed by atoms with van der Waals surface area (Å²) in [6.07, 6.45) is 4.83. The van der Waals surface area contributed by atoms with Crippen LogP contribution in [0, 0.1) is 5.41 Å². The zero-order chi connectivity index (χ0) is 14.6. The molecule has 8 nitrogen and oxygen atoms in total. The molecule has 20 heavy (non-hydrogen) atoms. The van der Waals surface area contributed by atoms with Gasteiger partial charge in [-0.25, -0.2) is 0 Å². The van der Waals surface area contributed by atoms with Crippen molar-refractivity contribution < 1.29 is 14.7 Å². The van der Waals surface area contributed by atoms with Gasteiger partial charge in [0.25, 0.3) is 5.91 Å².